The van der Waals surface area contributed by atoms with Gasteiger partial charge in [-0.1, -0.05) is 78.4 Å². The van der Waals surface area contributed by atoms with Gasteiger partial charge in [-0.05, 0) is 36.6 Å². The minimum absolute atomic E-state index is 0.000833. The second-order valence-electron chi connectivity index (χ2n) is 7.79. The molecule has 3 aromatic carbocycles. The molecule has 1 heterocycles. The Balaban J connectivity index is 1.61. The van der Waals surface area contributed by atoms with Crippen molar-refractivity contribution in [2.45, 2.75) is 30.9 Å². The summed E-state index contributed by atoms with van der Waals surface area (Å²) in [5.41, 5.74) is 2.51. The van der Waals surface area contributed by atoms with Crippen molar-refractivity contribution in [2.24, 2.45) is 5.92 Å². The van der Waals surface area contributed by atoms with E-state index in [-0.39, 0.29) is 17.9 Å². The number of hydrogen-bond donors (Lipinski definition) is 0. The van der Waals surface area contributed by atoms with Crippen molar-refractivity contribution in [3.8, 4) is 0 Å². The van der Waals surface area contributed by atoms with Gasteiger partial charge in [0.1, 0.15) is 6.61 Å². The van der Waals surface area contributed by atoms with E-state index >= 15 is 0 Å². The van der Waals surface area contributed by atoms with Crippen LogP contribution in [0, 0.1) is 12.8 Å². The van der Waals surface area contributed by atoms with Crippen LogP contribution in [0.2, 0.25) is 0 Å². The van der Waals surface area contributed by atoms with Gasteiger partial charge in [-0.15, -0.1) is 0 Å². The molecular weight excluding hydrogens is 426 g/mol. The minimum Gasteiger partial charge on any atom is -0.459 e. The molecule has 0 aliphatic carbocycles. The van der Waals surface area contributed by atoms with Gasteiger partial charge < -0.3 is 4.74 Å². The zero-order valence-corrected chi connectivity index (χ0v) is 18.4. The molecule has 7 heteroatoms. The highest BCUT2D eigenvalue weighted by atomic mass is 32.2. The van der Waals surface area contributed by atoms with Crippen molar-refractivity contribution < 1.29 is 22.7 Å². The molecule has 0 saturated carbocycles. The Bertz CT molecular complexity index is 1210. The lowest BCUT2D eigenvalue weighted by molar-refractivity contribution is -0.167. The van der Waals surface area contributed by atoms with Crippen LogP contribution >= 0.6 is 0 Å². The molecule has 0 unspecified atom stereocenters. The van der Waals surface area contributed by atoms with Crippen LogP contribution < -0.4 is 0 Å². The van der Waals surface area contributed by atoms with Crippen LogP contribution in [0.25, 0.3) is 0 Å². The maximum absolute atomic E-state index is 13.2. The van der Waals surface area contributed by atoms with E-state index in [1.165, 1.54) is 12.1 Å². The second kappa shape index (κ2) is 8.96. The van der Waals surface area contributed by atoms with E-state index < -0.39 is 33.9 Å². The van der Waals surface area contributed by atoms with Crippen molar-refractivity contribution in [2.75, 3.05) is 0 Å². The monoisotopic (exact) mass is 449 g/mol. The number of β-lactam (4-membered cyclic amide) rings is 1. The van der Waals surface area contributed by atoms with E-state index in [0.717, 1.165) is 16.7 Å². The average molecular weight is 450 g/mol. The lowest BCUT2D eigenvalue weighted by Gasteiger charge is -2.44. The highest BCUT2D eigenvalue weighted by molar-refractivity contribution is 7.89. The minimum atomic E-state index is -4.19. The SMILES string of the molecule is Cc1ccc(S(=O)(=O)N2C(=O)[C@H](Cc3ccccc3)[C@@H]2C(=O)OCc2ccccc2)cc1. The summed E-state index contributed by atoms with van der Waals surface area (Å²) < 4.78 is 32.6. The first-order valence-corrected chi connectivity index (χ1v) is 11.7. The first-order chi connectivity index (χ1) is 15.4. The number of aryl methyl sites for hydroxylation is 1. The van der Waals surface area contributed by atoms with Crippen molar-refractivity contribution in [3.05, 3.63) is 102 Å². The summed E-state index contributed by atoms with van der Waals surface area (Å²) in [6.07, 6.45) is 0.255. The Morgan fingerprint density at radius 1 is 0.875 bits per heavy atom. The second-order valence-corrected chi connectivity index (χ2v) is 9.60. The van der Waals surface area contributed by atoms with Crippen LogP contribution in [-0.4, -0.2) is 30.6 Å². The predicted octanol–water partition coefficient (Wildman–Crippen LogP) is 3.50. The smallest absolute Gasteiger partial charge is 0.331 e. The molecule has 32 heavy (non-hydrogen) atoms. The molecule has 0 N–H and O–H groups in total. The molecule has 0 spiro atoms. The summed E-state index contributed by atoms with van der Waals surface area (Å²) in [6.45, 7) is 1.84. The van der Waals surface area contributed by atoms with E-state index in [1.54, 1.807) is 12.1 Å². The molecule has 4 rings (SSSR count). The third-order valence-corrected chi connectivity index (χ3v) is 7.30. The molecule has 6 nitrogen and oxygen atoms in total. The fourth-order valence-electron chi connectivity index (χ4n) is 3.75. The molecule has 0 radical (unpaired) electrons. The molecule has 0 bridgehead atoms. The normalized spacial score (nSPS) is 18.2. The number of nitrogens with zero attached hydrogens (tertiary/aromatic N) is 1. The lowest BCUT2D eigenvalue weighted by Crippen LogP contribution is -2.66. The zero-order valence-electron chi connectivity index (χ0n) is 17.5. The Hall–Kier alpha value is -3.45. The maximum atomic E-state index is 13.2. The number of carbonyl (C=O) groups is 2. The number of hydrogen-bond acceptors (Lipinski definition) is 5. The molecular formula is C25H23NO5S. The highest BCUT2D eigenvalue weighted by Gasteiger charge is 2.57. The van der Waals surface area contributed by atoms with E-state index in [0.29, 0.717) is 4.31 Å². The molecule has 164 valence electrons. The largest absolute Gasteiger partial charge is 0.459 e. The summed E-state index contributed by atoms with van der Waals surface area (Å²) in [7, 11) is -4.19. The van der Waals surface area contributed by atoms with Crippen LogP contribution in [0.4, 0.5) is 0 Å². The molecule has 0 aromatic heterocycles. The van der Waals surface area contributed by atoms with Gasteiger partial charge in [0.2, 0.25) is 5.91 Å². The van der Waals surface area contributed by atoms with Gasteiger partial charge >= 0.3 is 5.97 Å². The van der Waals surface area contributed by atoms with Gasteiger partial charge in [-0.2, -0.15) is 0 Å². The van der Waals surface area contributed by atoms with Gasteiger partial charge in [0.05, 0.1) is 10.8 Å². The lowest BCUT2D eigenvalue weighted by atomic mass is 9.84. The van der Waals surface area contributed by atoms with Gasteiger partial charge in [-0.25, -0.2) is 17.5 Å². The molecule has 1 aliphatic heterocycles. The third kappa shape index (κ3) is 4.29. The van der Waals surface area contributed by atoms with E-state index in [9.17, 15) is 18.0 Å². The van der Waals surface area contributed by atoms with Crippen LogP contribution in [0.1, 0.15) is 16.7 Å². The van der Waals surface area contributed by atoms with Gasteiger partial charge in [0.15, 0.2) is 6.04 Å². The first-order valence-electron chi connectivity index (χ1n) is 10.3. The van der Waals surface area contributed by atoms with Crippen LogP contribution in [0.15, 0.2) is 89.8 Å². The number of amides is 1. The summed E-state index contributed by atoms with van der Waals surface area (Å²) in [5, 5.41) is 0. The standard InChI is InChI=1S/C25H23NO5S/c1-18-12-14-21(15-13-18)32(29,30)26-23(25(28)31-17-20-10-6-3-7-11-20)22(24(26)27)16-19-8-4-2-5-9-19/h2-15,22-23H,16-17H2,1H3/t22-,23-/m1/s1. The number of esters is 1. The molecule has 1 saturated heterocycles. The Labute approximate surface area is 187 Å². The third-order valence-electron chi connectivity index (χ3n) is 5.51. The van der Waals surface area contributed by atoms with E-state index in [4.69, 9.17) is 4.74 Å². The number of rotatable bonds is 7. The van der Waals surface area contributed by atoms with Crippen LogP contribution in [0.3, 0.4) is 0 Å². The Kier molecular flexibility index (Phi) is 6.10. The van der Waals surface area contributed by atoms with Crippen molar-refractivity contribution in [1.29, 1.82) is 0 Å². The van der Waals surface area contributed by atoms with E-state index in [1.807, 2.05) is 67.6 Å². The summed E-state index contributed by atoms with van der Waals surface area (Å²) in [6, 6.07) is 23.3. The van der Waals surface area contributed by atoms with Crippen molar-refractivity contribution >= 4 is 21.9 Å². The van der Waals surface area contributed by atoms with E-state index in [2.05, 4.69) is 0 Å². The Morgan fingerprint density at radius 3 is 2.03 bits per heavy atom. The van der Waals surface area contributed by atoms with Crippen molar-refractivity contribution in [1.82, 2.24) is 4.31 Å². The predicted molar refractivity (Wildman–Crippen MR) is 119 cm³/mol. The van der Waals surface area contributed by atoms with Crippen LogP contribution in [-0.2, 0) is 37.4 Å². The van der Waals surface area contributed by atoms with Crippen LogP contribution in [0.5, 0.6) is 0 Å². The average Bonchev–Trinajstić information content (AvgIpc) is 2.80. The number of ether oxygens (including phenoxy) is 1. The topological polar surface area (TPSA) is 80.8 Å². The van der Waals surface area contributed by atoms with Gasteiger partial charge in [-0.3, -0.25) is 4.79 Å². The maximum Gasteiger partial charge on any atom is 0.331 e. The zero-order chi connectivity index (χ0) is 22.7. The Morgan fingerprint density at radius 2 is 1.44 bits per heavy atom. The molecule has 1 amide bonds. The quantitative estimate of drug-likeness (QED) is 0.407. The summed E-state index contributed by atoms with van der Waals surface area (Å²) >= 11 is 0. The fourth-order valence-corrected chi connectivity index (χ4v) is 5.36. The molecule has 1 fully saturated rings. The molecule has 3 aromatic rings. The number of benzene rings is 3. The van der Waals surface area contributed by atoms with Gasteiger partial charge in [0.25, 0.3) is 10.0 Å². The molecule has 1 aliphatic rings. The van der Waals surface area contributed by atoms with Crippen molar-refractivity contribution in [3.63, 3.8) is 0 Å². The van der Waals surface area contributed by atoms with Gasteiger partial charge in [0, 0.05) is 0 Å². The highest BCUT2D eigenvalue weighted by Crippen LogP contribution is 2.36. The summed E-state index contributed by atoms with van der Waals surface area (Å²) in [4.78, 5) is 26.0. The number of sulfonamides is 1. The summed E-state index contributed by atoms with van der Waals surface area (Å²) in [5.74, 6) is -2.14. The number of carbonyl (C=O) groups excluding carboxylic acids is 2. The molecule has 2 atom stereocenters. The fraction of sp³-hybridized carbons (Fsp3) is 0.200. The first kappa shape index (κ1) is 21.8.